The minimum absolute atomic E-state index is 0.0714. The van der Waals surface area contributed by atoms with E-state index >= 15 is 0 Å². The van der Waals surface area contributed by atoms with Gasteiger partial charge in [0.15, 0.2) is 11.6 Å². The minimum atomic E-state index is -0.364. The van der Waals surface area contributed by atoms with Crippen LogP contribution < -0.4 is 4.74 Å². The highest BCUT2D eigenvalue weighted by atomic mass is 35.5. The summed E-state index contributed by atoms with van der Waals surface area (Å²) in [5, 5.41) is 10.2. The smallest absolute Gasteiger partial charge is 0.290 e. The molecule has 0 unspecified atom stereocenters. The van der Waals surface area contributed by atoms with E-state index in [4.69, 9.17) is 20.8 Å². The first-order valence-electron chi connectivity index (χ1n) is 8.00. The summed E-state index contributed by atoms with van der Waals surface area (Å²) in [5.74, 6) is -0.0257. The summed E-state index contributed by atoms with van der Waals surface area (Å²) in [6.45, 7) is 1.69. The van der Waals surface area contributed by atoms with Gasteiger partial charge in [0.25, 0.3) is 5.95 Å². The van der Waals surface area contributed by atoms with Crippen molar-refractivity contribution in [3.8, 4) is 11.7 Å². The van der Waals surface area contributed by atoms with E-state index in [-0.39, 0.29) is 54.0 Å². The van der Waals surface area contributed by atoms with Crippen molar-refractivity contribution in [2.24, 2.45) is 0 Å². The van der Waals surface area contributed by atoms with Crippen LogP contribution in [0.25, 0.3) is 0 Å². The first kappa shape index (κ1) is 17.3. The van der Waals surface area contributed by atoms with Crippen molar-refractivity contribution >= 4 is 23.2 Å². The molecule has 1 N–H and O–H groups in total. The molecule has 1 aromatic heterocycles. The van der Waals surface area contributed by atoms with Crippen molar-refractivity contribution in [3.05, 3.63) is 58.5 Å². The fraction of sp³-hybridized carbons (Fsp3) is 0.263. The first-order valence-corrected chi connectivity index (χ1v) is 8.38. The molecule has 0 spiro atoms. The van der Waals surface area contributed by atoms with Crippen molar-refractivity contribution in [2.75, 3.05) is 0 Å². The van der Waals surface area contributed by atoms with Crippen molar-refractivity contribution in [2.45, 2.75) is 32.1 Å². The summed E-state index contributed by atoms with van der Waals surface area (Å²) in [4.78, 5) is 24.4. The summed E-state index contributed by atoms with van der Waals surface area (Å²) in [6.07, 6.45) is 0.489. The van der Waals surface area contributed by atoms with Gasteiger partial charge >= 0.3 is 0 Å². The molecule has 1 fully saturated rings. The third kappa shape index (κ3) is 3.61. The average Bonchev–Trinajstić information content (AvgIpc) is 3.04. The topological polar surface area (TPSA) is 76.7 Å². The first-order chi connectivity index (χ1) is 12.0. The lowest BCUT2D eigenvalue weighted by Gasteiger charge is -2.20. The van der Waals surface area contributed by atoms with Gasteiger partial charge in [-0.15, -0.1) is 0 Å². The average molecular weight is 361 g/mol. The lowest BCUT2D eigenvalue weighted by atomic mass is 9.82. The predicted molar refractivity (Wildman–Crippen MR) is 92.2 cm³/mol. The van der Waals surface area contributed by atoms with Gasteiger partial charge in [0.2, 0.25) is 0 Å². The molecule has 3 rings (SSSR count). The Morgan fingerprint density at radius 2 is 1.88 bits per heavy atom. The van der Waals surface area contributed by atoms with Crippen molar-refractivity contribution in [1.29, 1.82) is 0 Å². The minimum Gasteiger partial charge on any atom is -0.511 e. The Balaban J connectivity index is 1.76. The zero-order chi connectivity index (χ0) is 18.0. The van der Waals surface area contributed by atoms with Crippen LogP contribution in [0.1, 0.15) is 37.9 Å². The Morgan fingerprint density at radius 1 is 1.20 bits per heavy atom. The number of Topliss-reactive ketones (excluding diaryl/α,β-unsaturated/α-hetero) is 2. The molecule has 2 aromatic rings. The summed E-state index contributed by atoms with van der Waals surface area (Å²) < 4.78 is 11.2. The van der Waals surface area contributed by atoms with Gasteiger partial charge < -0.3 is 14.3 Å². The van der Waals surface area contributed by atoms with Crippen LogP contribution in [0.5, 0.6) is 11.7 Å². The fourth-order valence-electron chi connectivity index (χ4n) is 2.82. The van der Waals surface area contributed by atoms with Crippen LogP contribution in [-0.4, -0.2) is 16.7 Å². The number of rotatable bonds is 4. The number of ether oxygens (including phenoxy) is 1. The number of benzene rings is 1. The Bertz CT molecular complexity index is 829. The quantitative estimate of drug-likeness (QED) is 0.473. The molecular weight excluding hydrogens is 344 g/mol. The Hall–Kier alpha value is -2.53. The zero-order valence-corrected chi connectivity index (χ0v) is 14.4. The maximum Gasteiger partial charge on any atom is 0.290 e. The van der Waals surface area contributed by atoms with E-state index in [0.29, 0.717) is 16.5 Å². The number of carbonyl (C=O) groups is 2. The molecule has 1 heterocycles. The Labute approximate surface area is 149 Å². The van der Waals surface area contributed by atoms with Crippen LogP contribution in [0.15, 0.2) is 52.1 Å². The van der Waals surface area contributed by atoms with E-state index in [1.807, 2.05) is 0 Å². The van der Waals surface area contributed by atoms with E-state index in [9.17, 15) is 14.7 Å². The van der Waals surface area contributed by atoms with Crippen LogP contribution in [-0.2, 0) is 9.59 Å². The van der Waals surface area contributed by atoms with Crippen molar-refractivity contribution in [1.82, 2.24) is 0 Å². The van der Waals surface area contributed by atoms with E-state index in [1.54, 1.807) is 43.3 Å². The molecule has 0 aliphatic heterocycles. The van der Waals surface area contributed by atoms with Crippen LogP contribution >= 0.6 is 11.6 Å². The number of ketones is 2. The number of aliphatic hydroxyl groups excluding tert-OH is 1. The lowest BCUT2D eigenvalue weighted by molar-refractivity contribution is -0.124. The molecule has 0 atom stereocenters. The number of aliphatic hydroxyl groups is 1. The molecule has 1 saturated carbocycles. The van der Waals surface area contributed by atoms with Gasteiger partial charge in [-0.3, -0.25) is 9.59 Å². The third-order valence-electron chi connectivity index (χ3n) is 4.10. The van der Waals surface area contributed by atoms with Gasteiger partial charge in [0, 0.05) is 31.2 Å². The number of halogens is 1. The molecule has 1 aliphatic rings. The molecular formula is C19H17ClO5. The highest BCUT2D eigenvalue weighted by Gasteiger charge is 2.35. The van der Waals surface area contributed by atoms with E-state index in [0.717, 1.165) is 0 Å². The second-order valence-electron chi connectivity index (χ2n) is 5.82. The molecule has 25 heavy (non-hydrogen) atoms. The maximum absolute atomic E-state index is 12.2. The number of allylic oxidation sites excluding steroid dienone is 2. The fourth-order valence-corrected chi connectivity index (χ4v) is 3.00. The van der Waals surface area contributed by atoms with Crippen LogP contribution in [0.3, 0.4) is 0 Å². The Morgan fingerprint density at radius 3 is 2.52 bits per heavy atom. The molecule has 130 valence electrons. The monoisotopic (exact) mass is 360 g/mol. The molecule has 1 aromatic carbocycles. The number of hydrogen-bond acceptors (Lipinski definition) is 5. The van der Waals surface area contributed by atoms with Gasteiger partial charge in [0.1, 0.15) is 17.3 Å². The third-order valence-corrected chi connectivity index (χ3v) is 4.41. The van der Waals surface area contributed by atoms with Crippen LogP contribution in [0.4, 0.5) is 0 Å². The molecule has 0 amide bonds. The largest absolute Gasteiger partial charge is 0.511 e. The van der Waals surface area contributed by atoms with Gasteiger partial charge in [0.05, 0.1) is 10.6 Å². The van der Waals surface area contributed by atoms with E-state index in [2.05, 4.69) is 0 Å². The van der Waals surface area contributed by atoms with Crippen LogP contribution in [0.2, 0.25) is 5.02 Å². The summed E-state index contributed by atoms with van der Waals surface area (Å²) in [6, 6.07) is 10.3. The van der Waals surface area contributed by atoms with Gasteiger partial charge in [-0.2, -0.15) is 0 Å². The van der Waals surface area contributed by atoms with Crippen molar-refractivity contribution < 1.29 is 23.8 Å². The van der Waals surface area contributed by atoms with Gasteiger partial charge in [-0.1, -0.05) is 30.7 Å². The van der Waals surface area contributed by atoms with E-state index < -0.39 is 0 Å². The highest BCUT2D eigenvalue weighted by Crippen LogP contribution is 2.37. The van der Waals surface area contributed by atoms with Gasteiger partial charge in [-0.25, -0.2) is 0 Å². The Kier molecular flexibility index (Phi) is 4.95. The van der Waals surface area contributed by atoms with Gasteiger partial charge in [-0.05, 0) is 18.2 Å². The summed E-state index contributed by atoms with van der Waals surface area (Å²) in [5.41, 5.74) is -0.0714. The summed E-state index contributed by atoms with van der Waals surface area (Å²) in [7, 11) is 0. The highest BCUT2D eigenvalue weighted by molar-refractivity contribution is 6.32. The predicted octanol–water partition coefficient (Wildman–Crippen LogP) is 4.96. The second-order valence-corrected chi connectivity index (χ2v) is 6.22. The normalized spacial score (nSPS) is 17.7. The standard InChI is InChI=1S/C19H17ClO5/c1-2-13(21)19-14(22)9-11(10-15(19)23)16-7-8-18(24-16)25-17-6-4-3-5-12(17)20/h3-8,11,21H,2,9-10H2,1H3. The molecule has 1 aliphatic carbocycles. The van der Waals surface area contributed by atoms with Crippen molar-refractivity contribution in [3.63, 3.8) is 0 Å². The molecule has 0 bridgehead atoms. The molecule has 0 saturated heterocycles. The lowest BCUT2D eigenvalue weighted by Crippen LogP contribution is -2.26. The number of carbonyl (C=O) groups excluding carboxylic acids is 2. The SMILES string of the molecule is CCC(O)=C1C(=O)CC(c2ccc(Oc3ccccc3Cl)o2)CC1=O. The molecule has 0 radical (unpaired) electrons. The zero-order valence-electron chi connectivity index (χ0n) is 13.6. The number of furan rings is 1. The van der Waals surface area contributed by atoms with E-state index in [1.165, 1.54) is 0 Å². The molecule has 5 nitrogen and oxygen atoms in total. The molecule has 6 heteroatoms. The second kappa shape index (κ2) is 7.15. The van der Waals surface area contributed by atoms with Crippen LogP contribution in [0, 0.1) is 0 Å². The number of hydrogen-bond donors (Lipinski definition) is 1. The maximum atomic E-state index is 12.2. The summed E-state index contributed by atoms with van der Waals surface area (Å²) >= 11 is 6.04. The number of para-hydroxylation sites is 1.